The van der Waals surface area contributed by atoms with Gasteiger partial charge in [-0.2, -0.15) is 0 Å². The van der Waals surface area contributed by atoms with Crippen molar-refractivity contribution in [3.63, 3.8) is 0 Å². The van der Waals surface area contributed by atoms with Gasteiger partial charge in [0, 0.05) is 4.88 Å². The first-order valence-corrected chi connectivity index (χ1v) is 7.86. The number of benzene rings is 2. The zero-order valence-electron chi connectivity index (χ0n) is 11.5. The van der Waals surface area contributed by atoms with Gasteiger partial charge in [-0.1, -0.05) is 48.0 Å². The monoisotopic (exact) mass is 301 g/mol. The second-order valence-electron chi connectivity index (χ2n) is 4.87. The van der Waals surface area contributed by atoms with Crippen LogP contribution in [0.1, 0.15) is 22.0 Å². The third-order valence-corrected chi connectivity index (χ3v) is 5.10. The van der Waals surface area contributed by atoms with Crippen LogP contribution in [0.3, 0.4) is 0 Å². The second-order valence-corrected chi connectivity index (χ2v) is 6.23. The number of thiophene rings is 1. The molecule has 1 heterocycles. The zero-order valence-corrected chi connectivity index (χ0v) is 13.1. The summed E-state index contributed by atoms with van der Waals surface area (Å²) in [6.07, 6.45) is 0. The standard InChI is InChI=1S/C17H16ClNS/c1-11-7-8-12-5-3-4-6-13(12)15(11)16(19-2)17-14(18)9-10-20-17/h3-10,16,19H,1-2H3. The zero-order chi connectivity index (χ0) is 14.1. The molecule has 0 radical (unpaired) electrons. The fraction of sp³-hybridized carbons (Fsp3) is 0.176. The molecule has 3 heteroatoms. The van der Waals surface area contributed by atoms with Crippen LogP contribution >= 0.6 is 22.9 Å². The summed E-state index contributed by atoms with van der Waals surface area (Å²) in [5.74, 6) is 0. The van der Waals surface area contributed by atoms with Crippen molar-refractivity contribution in [3.05, 3.63) is 68.9 Å². The molecule has 1 aromatic heterocycles. The molecule has 1 unspecified atom stereocenters. The van der Waals surface area contributed by atoms with Gasteiger partial charge in [-0.05, 0) is 47.3 Å². The Balaban J connectivity index is 2.27. The summed E-state index contributed by atoms with van der Waals surface area (Å²) in [7, 11) is 1.99. The predicted octanol–water partition coefficient (Wildman–Crippen LogP) is 5.17. The molecular formula is C17H16ClNS. The number of hydrogen-bond donors (Lipinski definition) is 1. The maximum atomic E-state index is 6.34. The van der Waals surface area contributed by atoms with Gasteiger partial charge in [0.1, 0.15) is 0 Å². The second kappa shape index (κ2) is 5.57. The molecule has 102 valence electrons. The highest BCUT2D eigenvalue weighted by Crippen LogP contribution is 2.37. The third-order valence-electron chi connectivity index (χ3n) is 3.67. The van der Waals surface area contributed by atoms with Crippen LogP contribution < -0.4 is 5.32 Å². The van der Waals surface area contributed by atoms with Gasteiger partial charge in [-0.25, -0.2) is 0 Å². The first kappa shape index (κ1) is 13.6. The van der Waals surface area contributed by atoms with Crippen molar-refractivity contribution < 1.29 is 0 Å². The molecule has 1 atom stereocenters. The summed E-state index contributed by atoms with van der Waals surface area (Å²) in [5.41, 5.74) is 2.60. The summed E-state index contributed by atoms with van der Waals surface area (Å²) in [5, 5.41) is 8.85. The molecular weight excluding hydrogens is 286 g/mol. The number of aryl methyl sites for hydroxylation is 1. The molecule has 1 nitrogen and oxygen atoms in total. The van der Waals surface area contributed by atoms with Gasteiger partial charge >= 0.3 is 0 Å². The van der Waals surface area contributed by atoms with Crippen molar-refractivity contribution in [3.8, 4) is 0 Å². The van der Waals surface area contributed by atoms with E-state index in [-0.39, 0.29) is 6.04 Å². The molecule has 1 N–H and O–H groups in total. The van der Waals surface area contributed by atoms with Crippen molar-refractivity contribution in [1.82, 2.24) is 5.32 Å². The summed E-state index contributed by atoms with van der Waals surface area (Å²) in [6, 6.07) is 15.0. The largest absolute Gasteiger partial charge is 0.309 e. The Morgan fingerprint density at radius 3 is 2.60 bits per heavy atom. The van der Waals surface area contributed by atoms with Crippen LogP contribution in [-0.2, 0) is 0 Å². The van der Waals surface area contributed by atoms with Crippen molar-refractivity contribution in [2.45, 2.75) is 13.0 Å². The highest BCUT2D eigenvalue weighted by atomic mass is 35.5. The quantitative estimate of drug-likeness (QED) is 0.703. The highest BCUT2D eigenvalue weighted by Gasteiger charge is 2.20. The van der Waals surface area contributed by atoms with E-state index in [1.54, 1.807) is 11.3 Å². The van der Waals surface area contributed by atoms with E-state index in [1.165, 1.54) is 26.8 Å². The lowest BCUT2D eigenvalue weighted by atomic mass is 9.93. The van der Waals surface area contributed by atoms with Gasteiger partial charge in [0.2, 0.25) is 0 Å². The molecule has 2 aromatic carbocycles. The minimum atomic E-state index is 0.133. The van der Waals surface area contributed by atoms with Crippen LogP contribution in [0.5, 0.6) is 0 Å². The number of hydrogen-bond acceptors (Lipinski definition) is 2. The van der Waals surface area contributed by atoms with E-state index in [0.29, 0.717) is 0 Å². The maximum absolute atomic E-state index is 6.34. The van der Waals surface area contributed by atoms with Gasteiger partial charge in [0.25, 0.3) is 0 Å². The molecule has 0 saturated heterocycles. The fourth-order valence-electron chi connectivity index (χ4n) is 2.71. The van der Waals surface area contributed by atoms with E-state index in [1.807, 2.05) is 18.5 Å². The number of nitrogens with one attached hydrogen (secondary N) is 1. The van der Waals surface area contributed by atoms with Crippen molar-refractivity contribution in [2.24, 2.45) is 0 Å². The van der Waals surface area contributed by atoms with Gasteiger partial charge in [0.05, 0.1) is 11.1 Å². The van der Waals surface area contributed by atoms with E-state index in [2.05, 4.69) is 48.6 Å². The van der Waals surface area contributed by atoms with Gasteiger partial charge in [0.15, 0.2) is 0 Å². The van der Waals surface area contributed by atoms with Crippen molar-refractivity contribution >= 4 is 33.7 Å². The SMILES string of the molecule is CNC(c1sccc1Cl)c1c(C)ccc2ccccc12. The molecule has 3 rings (SSSR count). The van der Waals surface area contributed by atoms with Crippen LogP contribution in [-0.4, -0.2) is 7.05 Å². The lowest BCUT2D eigenvalue weighted by Gasteiger charge is -2.20. The minimum absolute atomic E-state index is 0.133. The molecule has 0 aliphatic heterocycles. The smallest absolute Gasteiger partial charge is 0.0692 e. The van der Waals surface area contributed by atoms with Gasteiger partial charge in [-0.3, -0.25) is 0 Å². The molecule has 0 aliphatic carbocycles. The van der Waals surface area contributed by atoms with Crippen LogP contribution in [0.15, 0.2) is 47.8 Å². The topological polar surface area (TPSA) is 12.0 Å². The summed E-state index contributed by atoms with van der Waals surface area (Å²) in [4.78, 5) is 1.17. The highest BCUT2D eigenvalue weighted by molar-refractivity contribution is 7.10. The van der Waals surface area contributed by atoms with Crippen LogP contribution in [0.25, 0.3) is 10.8 Å². The van der Waals surface area contributed by atoms with Crippen LogP contribution in [0, 0.1) is 6.92 Å². The molecule has 0 fully saturated rings. The average molecular weight is 302 g/mol. The minimum Gasteiger partial charge on any atom is -0.309 e. The number of fused-ring (bicyclic) bond motifs is 1. The summed E-state index contributed by atoms with van der Waals surface area (Å²) >= 11 is 8.04. The van der Waals surface area contributed by atoms with Crippen molar-refractivity contribution in [2.75, 3.05) is 7.05 Å². The Morgan fingerprint density at radius 2 is 1.90 bits per heavy atom. The lowest BCUT2D eigenvalue weighted by Crippen LogP contribution is -2.18. The Labute approximate surface area is 128 Å². The number of halogens is 1. The van der Waals surface area contributed by atoms with Gasteiger partial charge in [-0.15, -0.1) is 11.3 Å². The number of rotatable bonds is 3. The van der Waals surface area contributed by atoms with E-state index < -0.39 is 0 Å². The first-order valence-electron chi connectivity index (χ1n) is 6.60. The predicted molar refractivity (Wildman–Crippen MR) is 88.9 cm³/mol. The van der Waals surface area contributed by atoms with Crippen LogP contribution in [0.4, 0.5) is 0 Å². The molecule has 0 bridgehead atoms. The summed E-state index contributed by atoms with van der Waals surface area (Å²) < 4.78 is 0. The van der Waals surface area contributed by atoms with E-state index >= 15 is 0 Å². The average Bonchev–Trinajstić information content (AvgIpc) is 2.88. The maximum Gasteiger partial charge on any atom is 0.0692 e. The molecule has 0 aliphatic rings. The summed E-state index contributed by atoms with van der Waals surface area (Å²) in [6.45, 7) is 2.16. The van der Waals surface area contributed by atoms with Crippen LogP contribution in [0.2, 0.25) is 5.02 Å². The Hall–Kier alpha value is -1.35. The molecule has 0 saturated carbocycles. The lowest BCUT2D eigenvalue weighted by molar-refractivity contribution is 0.705. The molecule has 0 amide bonds. The van der Waals surface area contributed by atoms with E-state index in [0.717, 1.165) is 5.02 Å². The van der Waals surface area contributed by atoms with Gasteiger partial charge < -0.3 is 5.32 Å². The van der Waals surface area contributed by atoms with E-state index in [9.17, 15) is 0 Å². The molecule has 3 aromatic rings. The Bertz CT molecular complexity index is 748. The molecule has 0 spiro atoms. The Kier molecular flexibility index (Phi) is 3.79. The van der Waals surface area contributed by atoms with Crippen molar-refractivity contribution in [1.29, 1.82) is 0 Å². The Morgan fingerprint density at radius 1 is 1.10 bits per heavy atom. The fourth-order valence-corrected chi connectivity index (χ4v) is 3.99. The molecule has 20 heavy (non-hydrogen) atoms. The van der Waals surface area contributed by atoms with E-state index in [4.69, 9.17) is 11.6 Å². The third kappa shape index (κ3) is 2.24. The first-order chi connectivity index (χ1) is 9.72. The normalized spacial score (nSPS) is 12.8.